The van der Waals surface area contributed by atoms with Crippen molar-refractivity contribution in [2.75, 3.05) is 0 Å². The van der Waals surface area contributed by atoms with Crippen molar-refractivity contribution in [2.24, 2.45) is 12.8 Å². The Kier molecular flexibility index (Phi) is 3.56. The summed E-state index contributed by atoms with van der Waals surface area (Å²) < 4.78 is 1.43. The maximum atomic E-state index is 11.2. The van der Waals surface area contributed by atoms with Crippen molar-refractivity contribution in [1.29, 1.82) is 0 Å². The Balaban J connectivity index is 2.30. The Morgan fingerprint density at radius 3 is 2.88 bits per heavy atom. The van der Waals surface area contributed by atoms with Crippen molar-refractivity contribution in [1.82, 2.24) is 14.8 Å². The molecular weight excluding hydrogens is 260 g/mol. The second-order valence-electron chi connectivity index (χ2n) is 3.44. The van der Waals surface area contributed by atoms with Gasteiger partial charge in [0.25, 0.3) is 0 Å². The summed E-state index contributed by atoms with van der Waals surface area (Å²) in [6.45, 7) is 0.450. The molecule has 7 heteroatoms. The predicted octanol–water partition coefficient (Wildman–Crippen LogP) is 1.37. The lowest BCUT2D eigenvalue weighted by atomic mass is 10.2. The number of halogens is 1. The summed E-state index contributed by atoms with van der Waals surface area (Å²) in [5, 5.41) is 7.44. The van der Waals surface area contributed by atoms with Gasteiger partial charge in [0.2, 0.25) is 0 Å². The highest BCUT2D eigenvalue weighted by Crippen LogP contribution is 2.31. The monoisotopic (exact) mass is 270 g/mol. The minimum absolute atomic E-state index is 0.248. The molecule has 90 valence electrons. The molecule has 1 heterocycles. The van der Waals surface area contributed by atoms with E-state index in [0.29, 0.717) is 16.7 Å². The van der Waals surface area contributed by atoms with E-state index < -0.39 is 0 Å². The van der Waals surface area contributed by atoms with Gasteiger partial charge < -0.3 is 5.73 Å². The van der Waals surface area contributed by atoms with E-state index in [-0.39, 0.29) is 5.69 Å². The molecule has 0 unspecified atom stereocenters. The number of H-pyrrole nitrogens is 1. The third-order valence-corrected chi connectivity index (χ3v) is 3.82. The predicted molar refractivity (Wildman–Crippen MR) is 67.3 cm³/mol. The van der Waals surface area contributed by atoms with E-state index in [0.717, 1.165) is 10.5 Å². The Morgan fingerprint density at radius 1 is 1.59 bits per heavy atom. The van der Waals surface area contributed by atoms with E-state index in [2.05, 4.69) is 10.2 Å². The van der Waals surface area contributed by atoms with Gasteiger partial charge in [0.1, 0.15) is 0 Å². The Morgan fingerprint density at radius 2 is 2.35 bits per heavy atom. The molecule has 0 radical (unpaired) electrons. The third-order valence-electron chi connectivity index (χ3n) is 2.27. The first-order valence-corrected chi connectivity index (χ1v) is 6.09. The average molecular weight is 271 g/mol. The van der Waals surface area contributed by atoms with Crippen molar-refractivity contribution < 1.29 is 0 Å². The van der Waals surface area contributed by atoms with Crippen LogP contribution in [-0.4, -0.2) is 14.8 Å². The lowest BCUT2D eigenvalue weighted by Gasteiger charge is -2.04. The van der Waals surface area contributed by atoms with Crippen LogP contribution in [0.4, 0.5) is 0 Å². The van der Waals surface area contributed by atoms with Crippen LogP contribution in [0.25, 0.3) is 0 Å². The van der Waals surface area contributed by atoms with Crippen molar-refractivity contribution in [3.8, 4) is 0 Å². The van der Waals surface area contributed by atoms with Crippen LogP contribution < -0.4 is 11.4 Å². The molecule has 0 bridgehead atoms. The fourth-order valence-electron chi connectivity index (χ4n) is 1.28. The minimum atomic E-state index is -0.248. The number of aromatic amines is 1. The van der Waals surface area contributed by atoms with Gasteiger partial charge in [0.05, 0.1) is 5.02 Å². The number of rotatable bonds is 3. The summed E-state index contributed by atoms with van der Waals surface area (Å²) in [5.41, 5.74) is 6.24. The van der Waals surface area contributed by atoms with Gasteiger partial charge in [-0.25, -0.2) is 9.89 Å². The van der Waals surface area contributed by atoms with Gasteiger partial charge in [0.15, 0.2) is 5.16 Å². The molecule has 0 aliphatic carbocycles. The molecule has 0 amide bonds. The highest BCUT2D eigenvalue weighted by molar-refractivity contribution is 7.99. The summed E-state index contributed by atoms with van der Waals surface area (Å²) in [5.74, 6) is 0. The van der Waals surface area contributed by atoms with Crippen molar-refractivity contribution in [3.05, 3.63) is 39.3 Å². The summed E-state index contributed by atoms with van der Waals surface area (Å²) >= 11 is 7.44. The summed E-state index contributed by atoms with van der Waals surface area (Å²) in [6.07, 6.45) is 0. The zero-order valence-corrected chi connectivity index (χ0v) is 10.7. The topological polar surface area (TPSA) is 76.7 Å². The van der Waals surface area contributed by atoms with Gasteiger partial charge in [-0.3, -0.25) is 4.57 Å². The molecule has 5 nitrogen and oxygen atoms in total. The number of nitrogens with one attached hydrogen (secondary N) is 1. The van der Waals surface area contributed by atoms with Crippen LogP contribution >= 0.6 is 23.4 Å². The SMILES string of the molecule is Cn1c(Sc2ccc(CN)cc2Cl)n[nH]c1=O. The van der Waals surface area contributed by atoms with Crippen LogP contribution in [0.3, 0.4) is 0 Å². The maximum Gasteiger partial charge on any atom is 0.343 e. The molecule has 0 fully saturated rings. The average Bonchev–Trinajstić information content (AvgIpc) is 2.63. The summed E-state index contributed by atoms with van der Waals surface area (Å²) in [7, 11) is 1.65. The van der Waals surface area contributed by atoms with Crippen molar-refractivity contribution in [2.45, 2.75) is 16.6 Å². The van der Waals surface area contributed by atoms with Crippen LogP contribution in [0.1, 0.15) is 5.56 Å². The lowest BCUT2D eigenvalue weighted by molar-refractivity contribution is 0.766. The summed E-state index contributed by atoms with van der Waals surface area (Å²) in [4.78, 5) is 12.0. The molecule has 0 atom stereocenters. The van der Waals surface area contributed by atoms with E-state index >= 15 is 0 Å². The summed E-state index contributed by atoms with van der Waals surface area (Å²) in [6, 6.07) is 5.59. The number of hydrogen-bond donors (Lipinski definition) is 2. The molecule has 2 aromatic rings. The normalized spacial score (nSPS) is 10.8. The first-order chi connectivity index (χ1) is 8.11. The standard InChI is InChI=1S/C10H11ClN4OS/c1-15-9(16)13-14-10(15)17-8-3-2-6(5-12)4-7(8)11/h2-4H,5,12H2,1H3,(H,13,16). The van der Waals surface area contributed by atoms with Gasteiger partial charge in [-0.15, -0.1) is 5.10 Å². The molecule has 3 N–H and O–H groups in total. The number of nitrogens with two attached hydrogens (primary N) is 1. The van der Waals surface area contributed by atoms with Gasteiger partial charge in [-0.1, -0.05) is 17.7 Å². The Bertz CT molecular complexity index is 592. The molecule has 1 aromatic heterocycles. The van der Waals surface area contributed by atoms with Gasteiger partial charge >= 0.3 is 5.69 Å². The van der Waals surface area contributed by atoms with Crippen LogP contribution in [-0.2, 0) is 13.6 Å². The molecule has 0 aliphatic rings. The fraction of sp³-hybridized carbons (Fsp3) is 0.200. The number of aromatic nitrogens is 3. The van der Waals surface area contributed by atoms with Crippen LogP contribution in [0.5, 0.6) is 0 Å². The zero-order chi connectivity index (χ0) is 12.4. The van der Waals surface area contributed by atoms with Crippen LogP contribution in [0.2, 0.25) is 5.02 Å². The largest absolute Gasteiger partial charge is 0.343 e. The van der Waals surface area contributed by atoms with Gasteiger partial charge in [-0.05, 0) is 29.5 Å². The molecule has 0 saturated heterocycles. The van der Waals surface area contributed by atoms with Crippen LogP contribution in [0.15, 0.2) is 33.0 Å². The van der Waals surface area contributed by atoms with E-state index in [4.69, 9.17) is 17.3 Å². The molecule has 0 aliphatic heterocycles. The number of hydrogen-bond acceptors (Lipinski definition) is 4. The molecule has 17 heavy (non-hydrogen) atoms. The highest BCUT2D eigenvalue weighted by atomic mass is 35.5. The second-order valence-corrected chi connectivity index (χ2v) is 4.86. The molecule has 1 aromatic carbocycles. The van der Waals surface area contributed by atoms with Gasteiger partial charge in [0, 0.05) is 18.5 Å². The Labute approximate surface area is 107 Å². The zero-order valence-electron chi connectivity index (χ0n) is 9.11. The third kappa shape index (κ3) is 2.54. The highest BCUT2D eigenvalue weighted by Gasteiger charge is 2.09. The quantitative estimate of drug-likeness (QED) is 0.883. The minimum Gasteiger partial charge on any atom is -0.326 e. The van der Waals surface area contributed by atoms with Crippen molar-refractivity contribution in [3.63, 3.8) is 0 Å². The van der Waals surface area contributed by atoms with E-state index in [1.165, 1.54) is 16.3 Å². The lowest BCUT2D eigenvalue weighted by Crippen LogP contribution is -2.12. The van der Waals surface area contributed by atoms with E-state index in [1.807, 2.05) is 18.2 Å². The Hall–Kier alpha value is -1.24. The first-order valence-electron chi connectivity index (χ1n) is 4.89. The number of benzene rings is 1. The molecule has 0 saturated carbocycles. The van der Waals surface area contributed by atoms with E-state index in [9.17, 15) is 4.79 Å². The first kappa shape index (κ1) is 12.2. The smallest absolute Gasteiger partial charge is 0.326 e. The maximum absolute atomic E-state index is 11.2. The van der Waals surface area contributed by atoms with Crippen LogP contribution in [0, 0.1) is 0 Å². The molecule has 0 spiro atoms. The second kappa shape index (κ2) is 4.95. The number of nitrogens with zero attached hydrogens (tertiary/aromatic N) is 2. The van der Waals surface area contributed by atoms with Crippen molar-refractivity contribution >= 4 is 23.4 Å². The fourth-order valence-corrected chi connectivity index (χ4v) is 2.40. The van der Waals surface area contributed by atoms with E-state index in [1.54, 1.807) is 7.05 Å². The molecule has 2 rings (SSSR count). The molecular formula is C10H11ClN4OS. The van der Waals surface area contributed by atoms with Gasteiger partial charge in [-0.2, -0.15) is 0 Å².